The number of nitrogens with zero attached hydrogens (tertiary/aromatic N) is 1. The number of piperidine rings is 1. The summed E-state index contributed by atoms with van der Waals surface area (Å²) in [6, 6.07) is 1.87. The van der Waals surface area contributed by atoms with Gasteiger partial charge in [-0.05, 0) is 37.8 Å². The molecule has 1 aromatic rings. The van der Waals surface area contributed by atoms with Gasteiger partial charge in [0.15, 0.2) is 0 Å². The molecular weight excluding hydrogens is 404 g/mol. The topological polar surface area (TPSA) is 95.6 Å². The molecule has 1 atom stereocenters. The molecule has 2 N–H and O–H groups in total. The highest BCUT2D eigenvalue weighted by molar-refractivity contribution is 7.89. The summed E-state index contributed by atoms with van der Waals surface area (Å²) in [6.07, 6.45) is 0.900. The summed E-state index contributed by atoms with van der Waals surface area (Å²) in [5, 5.41) is 5.22. The summed E-state index contributed by atoms with van der Waals surface area (Å²) >= 11 is 0. The largest absolute Gasteiger partial charge is 0.351 e. The van der Waals surface area contributed by atoms with E-state index in [0.29, 0.717) is 25.9 Å². The van der Waals surface area contributed by atoms with Crippen molar-refractivity contribution in [2.24, 2.45) is 5.92 Å². The van der Waals surface area contributed by atoms with E-state index in [1.807, 2.05) is 0 Å². The molecule has 0 bridgehead atoms. The SMILES string of the molecule is CCS(=O)(=O)N1CCC(NC(=O)[C@H](NC(=O)c2c(F)cccc2F)C(C)C)CC1. The van der Waals surface area contributed by atoms with Crippen LogP contribution in [0.2, 0.25) is 0 Å². The van der Waals surface area contributed by atoms with Crippen molar-refractivity contribution in [3.05, 3.63) is 35.4 Å². The average molecular weight is 432 g/mol. The summed E-state index contributed by atoms with van der Waals surface area (Å²) in [5.74, 6) is -3.78. The van der Waals surface area contributed by atoms with Gasteiger partial charge in [0, 0.05) is 19.1 Å². The molecule has 1 saturated heterocycles. The molecule has 10 heteroatoms. The van der Waals surface area contributed by atoms with Crippen molar-refractivity contribution in [2.45, 2.75) is 45.7 Å². The van der Waals surface area contributed by atoms with Crippen molar-refractivity contribution >= 4 is 21.8 Å². The number of nitrogens with one attached hydrogen (secondary N) is 2. The molecule has 2 amide bonds. The minimum absolute atomic E-state index is 0.0259. The summed E-state index contributed by atoms with van der Waals surface area (Å²) in [5.41, 5.74) is -0.732. The van der Waals surface area contributed by atoms with E-state index in [-0.39, 0.29) is 17.7 Å². The average Bonchev–Trinajstić information content (AvgIpc) is 2.66. The summed E-state index contributed by atoms with van der Waals surface area (Å²) in [7, 11) is -3.27. The molecule has 0 unspecified atom stereocenters. The standard InChI is InChI=1S/C19H27F2N3O4S/c1-4-29(27,28)24-10-8-13(9-11-24)22-19(26)17(12(2)3)23-18(25)16-14(20)6-5-7-15(16)21/h5-7,12-13,17H,4,8-11H2,1-3H3,(H,22,26)(H,23,25)/t17-/m1/s1. The molecule has 0 aromatic heterocycles. The van der Waals surface area contributed by atoms with Crippen LogP contribution in [0.15, 0.2) is 18.2 Å². The Bertz CT molecular complexity index is 833. The fourth-order valence-corrected chi connectivity index (χ4v) is 4.35. The van der Waals surface area contributed by atoms with Crippen molar-refractivity contribution < 1.29 is 26.8 Å². The first-order valence-corrected chi connectivity index (χ1v) is 11.2. The molecule has 0 spiro atoms. The van der Waals surface area contributed by atoms with Gasteiger partial charge in [0.1, 0.15) is 23.2 Å². The first-order chi connectivity index (χ1) is 13.6. The second kappa shape index (κ2) is 9.62. The third-order valence-corrected chi connectivity index (χ3v) is 6.87. The Hall–Kier alpha value is -2.07. The van der Waals surface area contributed by atoms with Crippen LogP contribution in [0.5, 0.6) is 0 Å². The molecule has 0 radical (unpaired) electrons. The van der Waals surface area contributed by atoms with Crippen molar-refractivity contribution in [3.63, 3.8) is 0 Å². The van der Waals surface area contributed by atoms with Crippen LogP contribution >= 0.6 is 0 Å². The molecule has 1 aromatic carbocycles. The van der Waals surface area contributed by atoms with Gasteiger partial charge in [0.2, 0.25) is 15.9 Å². The predicted octanol–water partition coefficient (Wildman–Crippen LogP) is 1.65. The van der Waals surface area contributed by atoms with Gasteiger partial charge >= 0.3 is 0 Å². The van der Waals surface area contributed by atoms with Crippen LogP contribution in [0.25, 0.3) is 0 Å². The van der Waals surface area contributed by atoms with Crippen LogP contribution in [-0.4, -0.2) is 55.5 Å². The van der Waals surface area contributed by atoms with Crippen molar-refractivity contribution in [1.82, 2.24) is 14.9 Å². The number of rotatable bonds is 7. The van der Waals surface area contributed by atoms with Gasteiger partial charge in [0.25, 0.3) is 5.91 Å². The van der Waals surface area contributed by atoms with Crippen LogP contribution in [0.1, 0.15) is 44.0 Å². The van der Waals surface area contributed by atoms with Crippen molar-refractivity contribution in [1.29, 1.82) is 0 Å². The zero-order valence-corrected chi connectivity index (χ0v) is 17.6. The van der Waals surface area contributed by atoms with Gasteiger partial charge < -0.3 is 10.6 Å². The molecule has 2 rings (SSSR count). The fourth-order valence-electron chi connectivity index (χ4n) is 3.21. The zero-order valence-electron chi connectivity index (χ0n) is 16.7. The number of hydrogen-bond donors (Lipinski definition) is 2. The van der Waals surface area contributed by atoms with Gasteiger partial charge in [-0.3, -0.25) is 9.59 Å². The van der Waals surface area contributed by atoms with E-state index in [9.17, 15) is 26.8 Å². The predicted molar refractivity (Wildman–Crippen MR) is 105 cm³/mol. The maximum atomic E-state index is 13.8. The van der Waals surface area contributed by atoms with E-state index < -0.39 is 45.1 Å². The number of halogens is 2. The van der Waals surface area contributed by atoms with Crippen molar-refractivity contribution in [3.8, 4) is 0 Å². The van der Waals surface area contributed by atoms with Crippen LogP contribution in [0.3, 0.4) is 0 Å². The maximum Gasteiger partial charge on any atom is 0.257 e. The smallest absolute Gasteiger partial charge is 0.257 e. The highest BCUT2D eigenvalue weighted by Gasteiger charge is 2.31. The summed E-state index contributed by atoms with van der Waals surface area (Å²) in [6.45, 7) is 5.61. The quantitative estimate of drug-likeness (QED) is 0.686. The highest BCUT2D eigenvalue weighted by Crippen LogP contribution is 2.16. The van der Waals surface area contributed by atoms with E-state index in [1.54, 1.807) is 20.8 Å². The van der Waals surface area contributed by atoms with E-state index >= 15 is 0 Å². The van der Waals surface area contributed by atoms with E-state index in [1.165, 1.54) is 4.31 Å². The summed E-state index contributed by atoms with van der Waals surface area (Å²) < 4.78 is 52.9. The van der Waals surface area contributed by atoms with Gasteiger partial charge in [-0.15, -0.1) is 0 Å². The number of hydrogen-bond acceptors (Lipinski definition) is 4. The second-order valence-electron chi connectivity index (χ2n) is 7.37. The number of benzene rings is 1. The lowest BCUT2D eigenvalue weighted by Crippen LogP contribution is -2.54. The first kappa shape index (κ1) is 23.2. The van der Waals surface area contributed by atoms with Crippen LogP contribution in [0.4, 0.5) is 8.78 Å². The Labute approximate surface area is 169 Å². The summed E-state index contributed by atoms with van der Waals surface area (Å²) in [4.78, 5) is 25.0. The van der Waals surface area contributed by atoms with Gasteiger partial charge in [0.05, 0.1) is 5.75 Å². The van der Waals surface area contributed by atoms with Crippen molar-refractivity contribution in [2.75, 3.05) is 18.8 Å². The molecule has 162 valence electrons. The lowest BCUT2D eigenvalue weighted by molar-refractivity contribution is -0.124. The van der Waals surface area contributed by atoms with Gasteiger partial charge in [-0.1, -0.05) is 19.9 Å². The zero-order chi connectivity index (χ0) is 21.8. The Morgan fingerprint density at radius 3 is 2.21 bits per heavy atom. The Morgan fingerprint density at radius 1 is 1.17 bits per heavy atom. The minimum atomic E-state index is -3.27. The monoisotopic (exact) mass is 431 g/mol. The number of carbonyl (C=O) groups excluding carboxylic acids is 2. The van der Waals surface area contributed by atoms with Crippen LogP contribution in [0, 0.1) is 17.6 Å². The molecule has 29 heavy (non-hydrogen) atoms. The van der Waals surface area contributed by atoms with E-state index in [0.717, 1.165) is 18.2 Å². The molecule has 1 aliphatic rings. The Balaban J connectivity index is 2.01. The second-order valence-corrected chi connectivity index (χ2v) is 9.63. The highest BCUT2D eigenvalue weighted by atomic mass is 32.2. The molecule has 0 aliphatic carbocycles. The Kier molecular flexibility index (Phi) is 7.70. The van der Waals surface area contributed by atoms with Crippen LogP contribution in [-0.2, 0) is 14.8 Å². The molecule has 0 saturated carbocycles. The molecule has 7 nitrogen and oxygen atoms in total. The fraction of sp³-hybridized carbons (Fsp3) is 0.579. The number of carbonyl (C=O) groups is 2. The molecule has 1 heterocycles. The molecule has 1 aliphatic heterocycles. The van der Waals surface area contributed by atoms with Crippen LogP contribution < -0.4 is 10.6 Å². The minimum Gasteiger partial charge on any atom is -0.351 e. The number of sulfonamides is 1. The van der Waals surface area contributed by atoms with Gasteiger partial charge in [-0.25, -0.2) is 21.5 Å². The normalized spacial score (nSPS) is 17.2. The van der Waals surface area contributed by atoms with Gasteiger partial charge in [-0.2, -0.15) is 0 Å². The molecule has 1 fully saturated rings. The molecular formula is C19H27F2N3O4S. The third kappa shape index (κ3) is 5.72. The lowest BCUT2D eigenvalue weighted by Gasteiger charge is -2.32. The number of amides is 2. The first-order valence-electron chi connectivity index (χ1n) is 9.59. The lowest BCUT2D eigenvalue weighted by atomic mass is 10.0. The Morgan fingerprint density at radius 2 is 1.72 bits per heavy atom. The maximum absolute atomic E-state index is 13.8. The third-order valence-electron chi connectivity index (χ3n) is 4.98. The van der Waals surface area contributed by atoms with E-state index in [4.69, 9.17) is 0 Å². The van der Waals surface area contributed by atoms with E-state index in [2.05, 4.69) is 10.6 Å².